The molecule has 3 rings (SSSR count). The minimum atomic E-state index is -0.0355. The van der Waals surface area contributed by atoms with Crippen LogP contribution in [0, 0.1) is 11.3 Å². The summed E-state index contributed by atoms with van der Waals surface area (Å²) in [6.45, 7) is 0. The van der Waals surface area contributed by atoms with Gasteiger partial charge in [-0.2, -0.15) is 10.4 Å². The van der Waals surface area contributed by atoms with E-state index in [2.05, 4.69) is 21.6 Å². The molecule has 0 radical (unpaired) electrons. The quantitative estimate of drug-likeness (QED) is 0.831. The van der Waals surface area contributed by atoms with Gasteiger partial charge < -0.3 is 5.32 Å². The van der Waals surface area contributed by atoms with Crippen LogP contribution in [-0.4, -0.2) is 21.9 Å². The molecule has 1 amide bonds. The van der Waals surface area contributed by atoms with Gasteiger partial charge in [-0.25, -0.2) is 0 Å². The molecule has 0 unspecified atom stereocenters. The van der Waals surface area contributed by atoms with Crippen LogP contribution in [0.5, 0.6) is 0 Å². The van der Waals surface area contributed by atoms with E-state index in [1.807, 2.05) is 12.1 Å². The zero-order valence-corrected chi connectivity index (χ0v) is 10.7. The van der Waals surface area contributed by atoms with Gasteiger partial charge in [-0.1, -0.05) is 12.1 Å². The van der Waals surface area contributed by atoms with Crippen LogP contribution in [0.3, 0.4) is 0 Å². The van der Waals surface area contributed by atoms with E-state index in [0.717, 1.165) is 11.1 Å². The first-order chi connectivity index (χ1) is 9.28. The maximum absolute atomic E-state index is 11.6. The van der Waals surface area contributed by atoms with Crippen molar-refractivity contribution in [2.24, 2.45) is 0 Å². The summed E-state index contributed by atoms with van der Waals surface area (Å²) in [7, 11) is 0. The third kappa shape index (κ3) is 2.20. The number of aromatic amines is 1. The van der Waals surface area contributed by atoms with Gasteiger partial charge in [-0.15, -0.1) is 11.8 Å². The van der Waals surface area contributed by atoms with Crippen LogP contribution in [0.4, 0.5) is 5.82 Å². The highest BCUT2D eigenvalue weighted by Crippen LogP contribution is 2.40. The second-order valence-electron chi connectivity index (χ2n) is 4.17. The fourth-order valence-corrected chi connectivity index (χ4v) is 3.12. The highest BCUT2D eigenvalue weighted by atomic mass is 32.2. The Morgan fingerprint density at radius 3 is 2.89 bits per heavy atom. The van der Waals surface area contributed by atoms with Crippen LogP contribution in [0.1, 0.15) is 21.9 Å². The van der Waals surface area contributed by atoms with Crippen molar-refractivity contribution in [3.63, 3.8) is 0 Å². The molecule has 5 nitrogen and oxygen atoms in total. The molecule has 1 aromatic heterocycles. The summed E-state index contributed by atoms with van der Waals surface area (Å²) in [5.41, 5.74) is 2.65. The number of fused-ring (bicyclic) bond motifs is 1. The molecule has 1 aliphatic rings. The van der Waals surface area contributed by atoms with Gasteiger partial charge >= 0.3 is 0 Å². The predicted molar refractivity (Wildman–Crippen MR) is 72.7 cm³/mol. The topological polar surface area (TPSA) is 81.6 Å². The number of rotatable bonds is 1. The van der Waals surface area contributed by atoms with Gasteiger partial charge in [-0.05, 0) is 17.7 Å². The third-order valence-electron chi connectivity index (χ3n) is 2.94. The fourth-order valence-electron chi connectivity index (χ4n) is 2.03. The number of nitrogens with one attached hydrogen (secondary N) is 2. The average molecular weight is 270 g/mol. The van der Waals surface area contributed by atoms with E-state index < -0.39 is 0 Å². The molecule has 94 valence electrons. The molecular formula is C13H10N4OS. The van der Waals surface area contributed by atoms with Gasteiger partial charge in [0.25, 0.3) is 0 Å². The first-order valence-electron chi connectivity index (χ1n) is 5.72. The van der Waals surface area contributed by atoms with Crippen molar-refractivity contribution in [3.8, 4) is 6.07 Å². The lowest BCUT2D eigenvalue weighted by molar-refractivity contribution is -0.113. The van der Waals surface area contributed by atoms with Crippen molar-refractivity contribution in [3.05, 3.63) is 47.2 Å². The van der Waals surface area contributed by atoms with E-state index in [1.54, 1.807) is 30.1 Å². The molecule has 2 aromatic rings. The lowest BCUT2D eigenvalue weighted by atomic mass is 10.1. The Morgan fingerprint density at radius 1 is 1.37 bits per heavy atom. The Kier molecular flexibility index (Phi) is 2.97. The van der Waals surface area contributed by atoms with Gasteiger partial charge in [-0.3, -0.25) is 9.89 Å². The van der Waals surface area contributed by atoms with Crippen molar-refractivity contribution in [1.82, 2.24) is 10.2 Å². The van der Waals surface area contributed by atoms with E-state index in [-0.39, 0.29) is 11.2 Å². The summed E-state index contributed by atoms with van der Waals surface area (Å²) in [6, 6.07) is 9.51. The smallest absolute Gasteiger partial charge is 0.235 e. The van der Waals surface area contributed by atoms with E-state index in [0.29, 0.717) is 17.1 Å². The number of H-pyrrole nitrogens is 1. The SMILES string of the molecule is N#Cc1ccc([C@H]2SCC(=O)Nc3[nH]ncc32)cc1. The van der Waals surface area contributed by atoms with Crippen LogP contribution < -0.4 is 5.32 Å². The van der Waals surface area contributed by atoms with E-state index >= 15 is 0 Å². The minimum Gasteiger partial charge on any atom is -0.310 e. The average Bonchev–Trinajstić information content (AvgIpc) is 2.82. The van der Waals surface area contributed by atoms with Gasteiger partial charge in [0.15, 0.2) is 0 Å². The number of aromatic nitrogens is 2. The van der Waals surface area contributed by atoms with Crippen molar-refractivity contribution in [2.45, 2.75) is 5.25 Å². The van der Waals surface area contributed by atoms with Gasteiger partial charge in [0.1, 0.15) is 5.82 Å². The predicted octanol–water partition coefficient (Wildman–Crippen LogP) is 2.06. The molecule has 1 atom stereocenters. The van der Waals surface area contributed by atoms with Crippen molar-refractivity contribution in [2.75, 3.05) is 11.1 Å². The number of nitrogens with zero attached hydrogens (tertiary/aromatic N) is 2. The van der Waals surface area contributed by atoms with Crippen molar-refractivity contribution >= 4 is 23.5 Å². The fraction of sp³-hybridized carbons (Fsp3) is 0.154. The molecule has 0 fully saturated rings. The Bertz CT molecular complexity index is 656. The number of carbonyl (C=O) groups excluding carboxylic acids is 1. The number of thioether (sulfide) groups is 1. The minimum absolute atomic E-state index is 0.0355. The molecule has 0 saturated heterocycles. The van der Waals surface area contributed by atoms with Crippen LogP contribution in [0.2, 0.25) is 0 Å². The molecule has 0 bridgehead atoms. The second-order valence-corrected chi connectivity index (χ2v) is 5.27. The molecule has 2 N–H and O–H groups in total. The first-order valence-corrected chi connectivity index (χ1v) is 6.77. The summed E-state index contributed by atoms with van der Waals surface area (Å²) in [6.07, 6.45) is 1.73. The molecule has 1 aliphatic heterocycles. The molecule has 1 aromatic carbocycles. The largest absolute Gasteiger partial charge is 0.310 e. The molecule has 0 aliphatic carbocycles. The molecule has 0 spiro atoms. The normalized spacial score (nSPS) is 18.1. The van der Waals surface area contributed by atoms with Gasteiger partial charge in [0, 0.05) is 5.56 Å². The highest BCUT2D eigenvalue weighted by Gasteiger charge is 2.25. The Morgan fingerprint density at radius 2 is 2.16 bits per heavy atom. The number of hydrogen-bond acceptors (Lipinski definition) is 4. The number of benzene rings is 1. The lowest BCUT2D eigenvalue weighted by Crippen LogP contribution is -2.12. The molecule has 0 saturated carbocycles. The molecule has 2 heterocycles. The molecule has 19 heavy (non-hydrogen) atoms. The summed E-state index contributed by atoms with van der Waals surface area (Å²) in [4.78, 5) is 11.6. The Labute approximate surface area is 114 Å². The van der Waals surface area contributed by atoms with Gasteiger partial charge in [0.05, 0.1) is 28.8 Å². The van der Waals surface area contributed by atoms with Crippen LogP contribution in [0.25, 0.3) is 0 Å². The van der Waals surface area contributed by atoms with E-state index in [4.69, 9.17) is 5.26 Å². The highest BCUT2D eigenvalue weighted by molar-refractivity contribution is 8.00. The summed E-state index contributed by atoms with van der Waals surface area (Å²) in [5.74, 6) is 1.02. The van der Waals surface area contributed by atoms with Gasteiger partial charge in [0.2, 0.25) is 5.91 Å². The number of carbonyl (C=O) groups is 1. The second kappa shape index (κ2) is 4.78. The zero-order chi connectivity index (χ0) is 13.2. The maximum Gasteiger partial charge on any atom is 0.235 e. The monoisotopic (exact) mass is 270 g/mol. The lowest BCUT2D eigenvalue weighted by Gasteiger charge is -2.13. The summed E-state index contributed by atoms with van der Waals surface area (Å²) in [5, 5.41) is 18.4. The van der Waals surface area contributed by atoms with Crippen LogP contribution in [0.15, 0.2) is 30.5 Å². The van der Waals surface area contributed by atoms with E-state index in [9.17, 15) is 4.79 Å². The number of hydrogen-bond donors (Lipinski definition) is 2. The zero-order valence-electron chi connectivity index (χ0n) is 9.88. The first kappa shape index (κ1) is 11.8. The standard InChI is InChI=1S/C13H10N4OS/c14-5-8-1-3-9(4-2-8)12-10-6-15-17-13(10)16-11(18)7-19-12/h1-4,6,12H,7H2,(H2,15,16,17,18)/t12-/m1/s1. The Hall–Kier alpha value is -2.26. The number of amides is 1. The number of anilines is 1. The van der Waals surface area contributed by atoms with Crippen molar-refractivity contribution < 1.29 is 4.79 Å². The van der Waals surface area contributed by atoms with Crippen LogP contribution in [-0.2, 0) is 4.79 Å². The molecular weight excluding hydrogens is 260 g/mol. The molecule has 6 heteroatoms. The van der Waals surface area contributed by atoms with Crippen molar-refractivity contribution in [1.29, 1.82) is 5.26 Å². The summed E-state index contributed by atoms with van der Waals surface area (Å²) < 4.78 is 0. The number of nitriles is 1. The maximum atomic E-state index is 11.6. The van der Waals surface area contributed by atoms with Crippen LogP contribution >= 0.6 is 11.8 Å². The summed E-state index contributed by atoms with van der Waals surface area (Å²) >= 11 is 1.55. The Balaban J connectivity index is 2.00. The van der Waals surface area contributed by atoms with E-state index in [1.165, 1.54) is 0 Å². The third-order valence-corrected chi connectivity index (χ3v) is 4.23.